The molecule has 7 nitrogen and oxygen atoms in total. The summed E-state index contributed by atoms with van der Waals surface area (Å²) in [7, 11) is 0. The van der Waals surface area contributed by atoms with Crippen molar-refractivity contribution in [1.82, 2.24) is 9.97 Å². The molecule has 128 valence electrons. The van der Waals surface area contributed by atoms with Crippen molar-refractivity contribution in [1.29, 1.82) is 0 Å². The van der Waals surface area contributed by atoms with Gasteiger partial charge in [-0.05, 0) is 37.6 Å². The number of fused-ring (bicyclic) bond motifs is 1. The maximum absolute atomic E-state index is 12.1. The Morgan fingerprint density at radius 1 is 1.24 bits per heavy atom. The minimum Gasteiger partial charge on any atom is -0.459 e. The Hall–Kier alpha value is -3.22. The Balaban J connectivity index is 1.55. The number of aromatic amines is 1. The monoisotopic (exact) mass is 339 g/mol. The SMILES string of the molecule is C[C@H](CCc1nc2ccccc2[nH]1)OC(=O)c1ccc([N+](=O)[O-])cc1. The summed E-state index contributed by atoms with van der Waals surface area (Å²) in [6.45, 7) is 1.81. The molecule has 3 rings (SSSR count). The lowest BCUT2D eigenvalue weighted by molar-refractivity contribution is -0.384. The first-order valence-corrected chi connectivity index (χ1v) is 7.92. The highest BCUT2D eigenvalue weighted by Crippen LogP contribution is 2.15. The van der Waals surface area contributed by atoms with E-state index in [2.05, 4.69) is 9.97 Å². The predicted molar refractivity (Wildman–Crippen MR) is 92.4 cm³/mol. The number of ether oxygens (including phenoxy) is 1. The zero-order valence-electron chi connectivity index (χ0n) is 13.6. The van der Waals surface area contributed by atoms with E-state index >= 15 is 0 Å². The van der Waals surface area contributed by atoms with Crippen molar-refractivity contribution in [2.75, 3.05) is 0 Å². The van der Waals surface area contributed by atoms with Gasteiger partial charge < -0.3 is 9.72 Å². The first-order chi connectivity index (χ1) is 12.0. The molecule has 0 saturated carbocycles. The van der Waals surface area contributed by atoms with Crippen LogP contribution in [-0.4, -0.2) is 27.0 Å². The molecule has 0 aliphatic carbocycles. The van der Waals surface area contributed by atoms with E-state index in [1.807, 2.05) is 31.2 Å². The minimum absolute atomic E-state index is 0.0607. The molecule has 0 amide bonds. The van der Waals surface area contributed by atoms with Crippen LogP contribution >= 0.6 is 0 Å². The summed E-state index contributed by atoms with van der Waals surface area (Å²) in [6.07, 6.45) is 0.984. The van der Waals surface area contributed by atoms with Crippen molar-refractivity contribution < 1.29 is 14.5 Å². The van der Waals surface area contributed by atoms with Crippen molar-refractivity contribution in [3.05, 3.63) is 70.0 Å². The number of aryl methyl sites for hydroxylation is 1. The molecule has 1 aromatic heterocycles. The van der Waals surface area contributed by atoms with E-state index in [0.29, 0.717) is 18.4 Å². The van der Waals surface area contributed by atoms with Gasteiger partial charge in [0, 0.05) is 18.6 Å². The molecule has 0 aliphatic heterocycles. The molecule has 0 bridgehead atoms. The largest absolute Gasteiger partial charge is 0.459 e. The van der Waals surface area contributed by atoms with Gasteiger partial charge in [-0.3, -0.25) is 10.1 Å². The van der Waals surface area contributed by atoms with Crippen LogP contribution in [0.2, 0.25) is 0 Å². The number of nitrogens with zero attached hydrogens (tertiary/aromatic N) is 2. The van der Waals surface area contributed by atoms with E-state index in [4.69, 9.17) is 4.74 Å². The number of hydrogen-bond donors (Lipinski definition) is 1. The lowest BCUT2D eigenvalue weighted by Crippen LogP contribution is -2.16. The van der Waals surface area contributed by atoms with Crippen LogP contribution in [-0.2, 0) is 11.2 Å². The highest BCUT2D eigenvalue weighted by Gasteiger charge is 2.14. The van der Waals surface area contributed by atoms with Crippen molar-refractivity contribution in [3.8, 4) is 0 Å². The van der Waals surface area contributed by atoms with Gasteiger partial charge in [-0.2, -0.15) is 0 Å². The van der Waals surface area contributed by atoms with E-state index in [1.165, 1.54) is 24.3 Å². The van der Waals surface area contributed by atoms with Crippen LogP contribution < -0.4 is 0 Å². The number of aromatic nitrogens is 2. The third kappa shape index (κ3) is 4.00. The van der Waals surface area contributed by atoms with Gasteiger partial charge >= 0.3 is 5.97 Å². The molecule has 0 unspecified atom stereocenters. The summed E-state index contributed by atoms with van der Waals surface area (Å²) in [6, 6.07) is 13.1. The fourth-order valence-corrected chi connectivity index (χ4v) is 2.49. The Bertz CT molecular complexity index is 869. The number of rotatable bonds is 6. The van der Waals surface area contributed by atoms with Gasteiger partial charge in [0.05, 0.1) is 27.6 Å². The number of esters is 1. The van der Waals surface area contributed by atoms with Gasteiger partial charge in [0.15, 0.2) is 0 Å². The Kier molecular flexibility index (Phi) is 4.74. The van der Waals surface area contributed by atoms with Crippen LogP contribution in [0.4, 0.5) is 5.69 Å². The van der Waals surface area contributed by atoms with E-state index in [9.17, 15) is 14.9 Å². The Morgan fingerprint density at radius 3 is 2.64 bits per heavy atom. The molecule has 0 fully saturated rings. The Labute approximate surface area is 143 Å². The summed E-state index contributed by atoms with van der Waals surface area (Å²) in [5, 5.41) is 10.6. The molecular weight excluding hydrogens is 322 g/mol. The van der Waals surface area contributed by atoms with Gasteiger partial charge in [-0.15, -0.1) is 0 Å². The summed E-state index contributed by atoms with van der Waals surface area (Å²) >= 11 is 0. The number of carbonyl (C=O) groups excluding carboxylic acids is 1. The standard InChI is InChI=1S/C18H17N3O4/c1-12(6-11-17-19-15-4-2-3-5-16(15)20-17)25-18(22)13-7-9-14(10-8-13)21(23)24/h2-5,7-10,12H,6,11H2,1H3,(H,19,20)/t12-/m1/s1. The molecule has 0 radical (unpaired) electrons. The number of non-ortho nitro benzene ring substituents is 1. The van der Waals surface area contributed by atoms with Crippen LogP contribution in [0.3, 0.4) is 0 Å². The number of nitro groups is 1. The van der Waals surface area contributed by atoms with Crippen molar-refractivity contribution in [2.45, 2.75) is 25.9 Å². The summed E-state index contributed by atoms with van der Waals surface area (Å²) in [4.78, 5) is 29.9. The third-order valence-corrected chi connectivity index (χ3v) is 3.85. The number of H-pyrrole nitrogens is 1. The summed E-state index contributed by atoms with van der Waals surface area (Å²) in [5.74, 6) is 0.353. The first kappa shape index (κ1) is 16.6. The maximum atomic E-state index is 12.1. The minimum atomic E-state index is -0.509. The zero-order valence-corrected chi connectivity index (χ0v) is 13.6. The lowest BCUT2D eigenvalue weighted by Gasteiger charge is -2.12. The number of carbonyl (C=O) groups is 1. The zero-order chi connectivity index (χ0) is 17.8. The second kappa shape index (κ2) is 7.12. The van der Waals surface area contributed by atoms with E-state index in [1.54, 1.807) is 0 Å². The second-order valence-electron chi connectivity index (χ2n) is 5.76. The lowest BCUT2D eigenvalue weighted by atomic mass is 10.2. The molecule has 0 saturated heterocycles. The van der Waals surface area contributed by atoms with Gasteiger partial charge in [0.25, 0.3) is 5.69 Å². The van der Waals surface area contributed by atoms with Crippen LogP contribution in [0.5, 0.6) is 0 Å². The first-order valence-electron chi connectivity index (χ1n) is 7.92. The summed E-state index contributed by atoms with van der Waals surface area (Å²) < 4.78 is 5.38. The van der Waals surface area contributed by atoms with Gasteiger partial charge in [-0.1, -0.05) is 12.1 Å². The Morgan fingerprint density at radius 2 is 1.96 bits per heavy atom. The topological polar surface area (TPSA) is 98.1 Å². The van der Waals surface area contributed by atoms with Crippen molar-refractivity contribution in [3.63, 3.8) is 0 Å². The number of benzene rings is 2. The molecule has 3 aromatic rings. The van der Waals surface area contributed by atoms with Gasteiger partial charge in [0.2, 0.25) is 0 Å². The van der Waals surface area contributed by atoms with E-state index in [0.717, 1.165) is 16.9 Å². The highest BCUT2D eigenvalue weighted by molar-refractivity contribution is 5.89. The average molecular weight is 339 g/mol. The average Bonchev–Trinajstić information content (AvgIpc) is 3.03. The molecule has 0 spiro atoms. The normalized spacial score (nSPS) is 12.0. The molecular formula is C18H17N3O4. The fraction of sp³-hybridized carbons (Fsp3) is 0.222. The number of hydrogen-bond acceptors (Lipinski definition) is 5. The van der Waals surface area contributed by atoms with E-state index < -0.39 is 10.9 Å². The smallest absolute Gasteiger partial charge is 0.338 e. The number of nitro benzene ring substituents is 1. The number of nitrogens with one attached hydrogen (secondary N) is 1. The molecule has 7 heteroatoms. The van der Waals surface area contributed by atoms with Crippen LogP contribution in [0, 0.1) is 10.1 Å². The van der Waals surface area contributed by atoms with Gasteiger partial charge in [-0.25, -0.2) is 9.78 Å². The quantitative estimate of drug-likeness (QED) is 0.420. The molecule has 1 N–H and O–H groups in total. The van der Waals surface area contributed by atoms with Crippen molar-refractivity contribution >= 4 is 22.7 Å². The molecule has 2 aromatic carbocycles. The fourth-order valence-electron chi connectivity index (χ4n) is 2.49. The number of para-hydroxylation sites is 2. The molecule has 25 heavy (non-hydrogen) atoms. The third-order valence-electron chi connectivity index (χ3n) is 3.85. The van der Waals surface area contributed by atoms with Crippen LogP contribution in [0.25, 0.3) is 11.0 Å². The molecule has 0 aliphatic rings. The van der Waals surface area contributed by atoms with Crippen LogP contribution in [0.15, 0.2) is 48.5 Å². The molecule has 1 heterocycles. The second-order valence-corrected chi connectivity index (χ2v) is 5.76. The van der Waals surface area contributed by atoms with Gasteiger partial charge in [0.1, 0.15) is 5.82 Å². The maximum Gasteiger partial charge on any atom is 0.338 e. The van der Waals surface area contributed by atoms with Crippen LogP contribution in [0.1, 0.15) is 29.5 Å². The predicted octanol–water partition coefficient (Wildman–Crippen LogP) is 3.65. The number of imidazole rings is 1. The highest BCUT2D eigenvalue weighted by atomic mass is 16.6. The molecule has 1 atom stereocenters. The van der Waals surface area contributed by atoms with Crippen molar-refractivity contribution in [2.24, 2.45) is 0 Å². The van der Waals surface area contributed by atoms with E-state index in [-0.39, 0.29) is 11.8 Å². The summed E-state index contributed by atoms with van der Waals surface area (Å²) in [5.41, 5.74) is 2.12.